The third-order valence-electron chi connectivity index (χ3n) is 1.79. The van der Waals surface area contributed by atoms with Gasteiger partial charge in [-0.3, -0.25) is 4.79 Å². The Morgan fingerprint density at radius 2 is 2.20 bits per heavy atom. The predicted molar refractivity (Wildman–Crippen MR) is 38.9 cm³/mol. The maximum atomic E-state index is 10.8. The van der Waals surface area contributed by atoms with Crippen molar-refractivity contribution < 1.29 is 4.79 Å². The second-order valence-electron chi connectivity index (χ2n) is 2.52. The summed E-state index contributed by atoms with van der Waals surface area (Å²) >= 11 is 0. The summed E-state index contributed by atoms with van der Waals surface area (Å²) in [6.07, 6.45) is 0.593. The molecule has 2 rings (SSSR count). The van der Waals surface area contributed by atoms with Gasteiger partial charge in [0.1, 0.15) is 0 Å². The molecule has 1 aliphatic rings. The number of carbonyl (C=O) groups is 1. The lowest BCUT2D eigenvalue weighted by Crippen LogP contribution is -2.18. The maximum Gasteiger partial charge on any atom is 0.167 e. The van der Waals surface area contributed by atoms with E-state index in [4.69, 9.17) is 5.73 Å². The topological polar surface area (TPSA) is 43.1 Å². The van der Waals surface area contributed by atoms with Gasteiger partial charge in [-0.25, -0.2) is 0 Å². The van der Waals surface area contributed by atoms with Gasteiger partial charge in [-0.05, 0) is 17.7 Å². The molecule has 1 aromatic carbocycles. The van der Waals surface area contributed by atoms with Crippen LogP contribution in [0.2, 0.25) is 0 Å². The number of hydrogen-bond acceptors (Lipinski definition) is 2. The van der Waals surface area contributed by atoms with Gasteiger partial charge in [-0.2, -0.15) is 0 Å². The van der Waals surface area contributed by atoms with Crippen molar-refractivity contribution >= 4 is 11.5 Å². The van der Waals surface area contributed by atoms with E-state index in [0.29, 0.717) is 12.1 Å². The highest BCUT2D eigenvalue weighted by Crippen LogP contribution is 2.24. The van der Waals surface area contributed by atoms with Gasteiger partial charge in [0.15, 0.2) is 5.78 Å². The summed E-state index contributed by atoms with van der Waals surface area (Å²) in [5.74, 6) is 0.210. The Kier molecular flexibility index (Phi) is 0.873. The van der Waals surface area contributed by atoms with E-state index >= 15 is 0 Å². The zero-order chi connectivity index (χ0) is 7.14. The summed E-state index contributed by atoms with van der Waals surface area (Å²) < 4.78 is 0. The van der Waals surface area contributed by atoms with E-state index in [1.165, 1.54) is 0 Å². The van der Waals surface area contributed by atoms with Crippen LogP contribution in [0.4, 0.5) is 5.69 Å². The smallest absolute Gasteiger partial charge is 0.167 e. The van der Waals surface area contributed by atoms with E-state index in [2.05, 4.69) is 0 Å². The Hall–Kier alpha value is -1.31. The van der Waals surface area contributed by atoms with Gasteiger partial charge in [0.05, 0.1) is 0 Å². The fourth-order valence-corrected chi connectivity index (χ4v) is 1.17. The van der Waals surface area contributed by atoms with Gasteiger partial charge in [-0.15, -0.1) is 0 Å². The van der Waals surface area contributed by atoms with E-state index < -0.39 is 0 Å². The second kappa shape index (κ2) is 1.59. The van der Waals surface area contributed by atoms with Crippen molar-refractivity contribution in [3.05, 3.63) is 29.3 Å². The number of anilines is 1. The molecule has 0 aromatic heterocycles. The molecule has 1 aliphatic carbocycles. The average molecular weight is 133 g/mol. The summed E-state index contributed by atoms with van der Waals surface area (Å²) in [5.41, 5.74) is 8.07. The number of benzene rings is 1. The molecular weight excluding hydrogens is 126 g/mol. The molecule has 0 fully saturated rings. The number of carbonyl (C=O) groups excluding carboxylic acids is 1. The molecule has 0 bridgehead atoms. The van der Waals surface area contributed by atoms with Crippen LogP contribution in [-0.4, -0.2) is 5.78 Å². The van der Waals surface area contributed by atoms with Gasteiger partial charge in [0.2, 0.25) is 0 Å². The molecule has 0 unspecified atom stereocenters. The SMILES string of the molecule is Nc1ccc2c(c1)C(=O)C2. The first-order valence-electron chi connectivity index (χ1n) is 3.19. The number of nitrogens with two attached hydrogens (primary N) is 1. The largest absolute Gasteiger partial charge is 0.399 e. The molecule has 0 saturated heterocycles. The molecular formula is C8H7NO. The molecule has 0 saturated carbocycles. The lowest BCUT2D eigenvalue weighted by molar-refractivity contribution is 0.0968. The number of ketones is 1. The fourth-order valence-electron chi connectivity index (χ4n) is 1.17. The van der Waals surface area contributed by atoms with Gasteiger partial charge < -0.3 is 5.73 Å². The first-order valence-corrected chi connectivity index (χ1v) is 3.19. The highest BCUT2D eigenvalue weighted by Gasteiger charge is 2.22. The number of rotatable bonds is 0. The van der Waals surface area contributed by atoms with Crippen LogP contribution in [0, 0.1) is 0 Å². The first-order chi connectivity index (χ1) is 4.77. The van der Waals surface area contributed by atoms with Crippen molar-refractivity contribution in [3.8, 4) is 0 Å². The Morgan fingerprint density at radius 3 is 2.80 bits per heavy atom. The molecule has 0 radical (unpaired) electrons. The van der Waals surface area contributed by atoms with Gasteiger partial charge in [0.25, 0.3) is 0 Å². The highest BCUT2D eigenvalue weighted by molar-refractivity contribution is 6.07. The monoisotopic (exact) mass is 133 g/mol. The number of hydrogen-bond donors (Lipinski definition) is 1. The summed E-state index contributed by atoms with van der Waals surface area (Å²) in [6.45, 7) is 0. The molecule has 0 aliphatic heterocycles. The molecule has 10 heavy (non-hydrogen) atoms. The van der Waals surface area contributed by atoms with Crippen LogP contribution < -0.4 is 5.73 Å². The third kappa shape index (κ3) is 0.559. The molecule has 2 N–H and O–H groups in total. The zero-order valence-electron chi connectivity index (χ0n) is 5.42. The Labute approximate surface area is 58.7 Å². The molecule has 2 heteroatoms. The first kappa shape index (κ1) is 5.47. The Balaban J connectivity index is 2.61. The van der Waals surface area contributed by atoms with E-state index in [-0.39, 0.29) is 5.78 Å². The van der Waals surface area contributed by atoms with Crippen LogP contribution in [0.5, 0.6) is 0 Å². The maximum absolute atomic E-state index is 10.8. The van der Waals surface area contributed by atoms with E-state index in [9.17, 15) is 4.79 Å². The van der Waals surface area contributed by atoms with E-state index in [0.717, 1.165) is 11.1 Å². The minimum atomic E-state index is 0.210. The summed E-state index contributed by atoms with van der Waals surface area (Å²) in [5, 5.41) is 0. The van der Waals surface area contributed by atoms with Gasteiger partial charge in [0, 0.05) is 17.7 Å². The summed E-state index contributed by atoms with van der Waals surface area (Å²) in [6, 6.07) is 5.47. The Morgan fingerprint density at radius 1 is 1.40 bits per heavy atom. The summed E-state index contributed by atoms with van der Waals surface area (Å²) in [7, 11) is 0. The van der Waals surface area contributed by atoms with Gasteiger partial charge in [-0.1, -0.05) is 6.07 Å². The lowest BCUT2D eigenvalue weighted by Gasteiger charge is -2.16. The zero-order valence-corrected chi connectivity index (χ0v) is 5.42. The summed E-state index contributed by atoms with van der Waals surface area (Å²) in [4.78, 5) is 10.8. The molecule has 0 amide bonds. The van der Waals surface area contributed by atoms with Crippen molar-refractivity contribution in [1.29, 1.82) is 0 Å². The van der Waals surface area contributed by atoms with E-state index in [1.807, 2.05) is 12.1 Å². The quantitative estimate of drug-likeness (QED) is 0.536. The van der Waals surface area contributed by atoms with Crippen molar-refractivity contribution in [2.75, 3.05) is 5.73 Å². The van der Waals surface area contributed by atoms with Crippen LogP contribution >= 0.6 is 0 Å². The van der Waals surface area contributed by atoms with Crippen molar-refractivity contribution in [2.45, 2.75) is 6.42 Å². The van der Waals surface area contributed by atoms with Crippen LogP contribution in [-0.2, 0) is 6.42 Å². The number of fused-ring (bicyclic) bond motifs is 1. The minimum absolute atomic E-state index is 0.210. The van der Waals surface area contributed by atoms with Crippen molar-refractivity contribution in [1.82, 2.24) is 0 Å². The standard InChI is InChI=1S/C8H7NO/c9-6-2-1-5-3-8(10)7(5)4-6/h1-2,4H,3,9H2. The van der Waals surface area contributed by atoms with Crippen LogP contribution in [0.3, 0.4) is 0 Å². The van der Waals surface area contributed by atoms with E-state index in [1.54, 1.807) is 6.07 Å². The van der Waals surface area contributed by atoms with Gasteiger partial charge >= 0.3 is 0 Å². The third-order valence-corrected chi connectivity index (χ3v) is 1.79. The molecule has 0 heterocycles. The molecule has 2 nitrogen and oxygen atoms in total. The van der Waals surface area contributed by atoms with Crippen LogP contribution in [0.15, 0.2) is 18.2 Å². The number of Topliss-reactive ketones (excluding diaryl/α,β-unsaturated/α-hetero) is 1. The fraction of sp³-hybridized carbons (Fsp3) is 0.125. The molecule has 0 atom stereocenters. The van der Waals surface area contributed by atoms with Crippen LogP contribution in [0.1, 0.15) is 15.9 Å². The van der Waals surface area contributed by atoms with Crippen LogP contribution in [0.25, 0.3) is 0 Å². The average Bonchev–Trinajstić information content (AvgIpc) is 1.92. The highest BCUT2D eigenvalue weighted by atomic mass is 16.1. The molecule has 50 valence electrons. The predicted octanol–water partition coefficient (Wildman–Crippen LogP) is 1.01. The molecule has 0 spiro atoms. The second-order valence-corrected chi connectivity index (χ2v) is 2.52. The molecule has 1 aromatic rings. The number of nitrogen functional groups attached to an aromatic ring is 1. The van der Waals surface area contributed by atoms with Crippen molar-refractivity contribution in [3.63, 3.8) is 0 Å². The minimum Gasteiger partial charge on any atom is -0.399 e. The normalized spacial score (nSPS) is 14.2. The lowest BCUT2D eigenvalue weighted by atomic mass is 9.87. The Bertz CT molecular complexity index is 304. The van der Waals surface area contributed by atoms with Crippen molar-refractivity contribution in [2.24, 2.45) is 0 Å².